The maximum Gasteiger partial charge on any atom is 1.00 e. The number of isothiocyanates is 1. The summed E-state index contributed by atoms with van der Waals surface area (Å²) in [5, 5.41) is 8.47. The average molecular weight is 184 g/mol. The zero-order chi connectivity index (χ0) is 2.71. The Bertz CT molecular complexity index is 34.5. The van der Waals surface area contributed by atoms with Crippen molar-refractivity contribution in [2.45, 2.75) is 0 Å². The van der Waals surface area contributed by atoms with E-state index in [9.17, 15) is 0 Å². The van der Waals surface area contributed by atoms with Crippen molar-refractivity contribution in [2.75, 3.05) is 0 Å². The molecule has 0 saturated heterocycles. The summed E-state index contributed by atoms with van der Waals surface area (Å²) in [4.78, 5) is 0. The predicted octanol–water partition coefficient (Wildman–Crippen LogP) is -8.33. The Morgan fingerprint density at radius 1 is 1.33 bits per heavy atom. The molecule has 0 radical (unpaired) electrons. The molecule has 0 rings (SSSR count). The second-order valence-corrected chi connectivity index (χ2v) is 0.274. The minimum absolute atomic E-state index is 0. The van der Waals surface area contributed by atoms with Crippen molar-refractivity contribution < 1.29 is 76.1 Å². The van der Waals surface area contributed by atoms with Gasteiger partial charge in [0.15, 0.2) is 0 Å². The quantitative estimate of drug-likeness (QED) is 0.208. The third-order valence-corrected chi connectivity index (χ3v) is 0. The Kier molecular flexibility index (Phi) is 107. The molecule has 0 fully saturated rings. The molecule has 0 unspecified atom stereocenters. The predicted molar refractivity (Wildman–Crippen MR) is 16.0 cm³/mol. The van der Waals surface area contributed by atoms with E-state index in [2.05, 4.69) is 12.2 Å². The van der Waals surface area contributed by atoms with Crippen LogP contribution in [0, 0.1) is 0 Å². The monoisotopic (exact) mass is 183 g/mol. The minimum Gasteiger partial charge on any atom is -1.00 e. The Labute approximate surface area is 97.1 Å². The second-order valence-electron chi connectivity index (χ2n) is 0.0913. The first-order valence-electron chi connectivity index (χ1n) is 0.428. The Balaban J connectivity index is -0.00000000667. The molecule has 0 heterocycles. The molecular weight excluding hydrogens is 184 g/mol. The zero-order valence-corrected chi connectivity index (χ0v) is 10.1. The molecule has 6 heavy (non-hydrogen) atoms. The number of hydrogen-bond donors (Lipinski definition) is 0. The number of nitrogens with zero attached hydrogens (tertiary/aromatic N) is 1. The summed E-state index contributed by atoms with van der Waals surface area (Å²) in [7, 11) is 0. The molecule has 24 valence electrons. The largest absolute Gasteiger partial charge is 1.00 e. The van der Waals surface area contributed by atoms with Crippen molar-refractivity contribution in [1.29, 1.82) is 0 Å². The van der Waals surface area contributed by atoms with Crippen LogP contribution in [0.4, 0.5) is 0 Å². The van der Waals surface area contributed by atoms with E-state index < -0.39 is 0 Å². The van der Waals surface area contributed by atoms with Gasteiger partial charge in [0.25, 0.3) is 0 Å². The normalized spacial score (nSPS) is 1.33. The molecule has 0 aromatic carbocycles. The first kappa shape index (κ1) is 24.0. The van der Waals surface area contributed by atoms with E-state index in [-0.39, 0.29) is 76.1 Å². The molecule has 5 heteroatoms. The number of rotatable bonds is 0. The molecule has 0 saturated carbocycles. The fourth-order valence-corrected chi connectivity index (χ4v) is 0. The maximum atomic E-state index is 7.13. The van der Waals surface area contributed by atoms with Gasteiger partial charge in [-0.1, -0.05) is 12.2 Å². The molecular formula is CBrNNa2S. The minimum atomic E-state index is 0. The van der Waals surface area contributed by atoms with Crippen LogP contribution in [0.15, 0.2) is 0 Å². The van der Waals surface area contributed by atoms with E-state index in [0.29, 0.717) is 0 Å². The van der Waals surface area contributed by atoms with E-state index in [1.807, 2.05) is 0 Å². The smallest absolute Gasteiger partial charge is 1.00 e. The van der Waals surface area contributed by atoms with Crippen molar-refractivity contribution in [3.05, 3.63) is 5.41 Å². The zero-order valence-electron chi connectivity index (χ0n) is 3.73. The molecule has 0 N–H and O–H groups in total. The molecule has 0 aliphatic rings. The summed E-state index contributed by atoms with van der Waals surface area (Å²) in [6, 6.07) is 0. The molecule has 0 amide bonds. The summed E-state index contributed by atoms with van der Waals surface area (Å²) in [5.41, 5.74) is 0. The van der Waals surface area contributed by atoms with Gasteiger partial charge in [-0.05, 0) is 0 Å². The van der Waals surface area contributed by atoms with Gasteiger partial charge in [-0.3, -0.25) is 0 Å². The SMILES string of the molecule is [Br-].[N-]=C=S.[Na+].[Na+]. The van der Waals surface area contributed by atoms with Gasteiger partial charge in [0.1, 0.15) is 0 Å². The second kappa shape index (κ2) is 26.7. The van der Waals surface area contributed by atoms with Crippen LogP contribution in [0.5, 0.6) is 0 Å². The molecule has 1 nitrogen and oxygen atoms in total. The van der Waals surface area contributed by atoms with E-state index in [0.717, 1.165) is 0 Å². The van der Waals surface area contributed by atoms with Crippen LogP contribution in [-0.4, -0.2) is 5.16 Å². The third kappa shape index (κ3) is 33.7. The summed E-state index contributed by atoms with van der Waals surface area (Å²) < 4.78 is 0. The van der Waals surface area contributed by atoms with Crippen molar-refractivity contribution in [3.63, 3.8) is 0 Å². The first-order valence-corrected chi connectivity index (χ1v) is 0.836. The Hall–Kier alpha value is 2.28. The van der Waals surface area contributed by atoms with Gasteiger partial charge in [-0.2, -0.15) is 5.16 Å². The molecule has 0 aliphatic heterocycles. The summed E-state index contributed by atoms with van der Waals surface area (Å²) >= 11 is 3.70. The van der Waals surface area contributed by atoms with Crippen molar-refractivity contribution in [1.82, 2.24) is 0 Å². The standard InChI is InChI=1S/CNS.BrH.2Na/c2-1-3;;;/h;1H;;/q-1;;2*+1/p-1. The summed E-state index contributed by atoms with van der Waals surface area (Å²) in [5.74, 6) is 0. The van der Waals surface area contributed by atoms with Gasteiger partial charge < -0.3 is 22.4 Å². The van der Waals surface area contributed by atoms with Crippen molar-refractivity contribution in [3.8, 4) is 0 Å². The fourth-order valence-electron chi connectivity index (χ4n) is 0. The summed E-state index contributed by atoms with van der Waals surface area (Å²) in [6.45, 7) is 0. The van der Waals surface area contributed by atoms with Crippen LogP contribution in [0.1, 0.15) is 0 Å². The fraction of sp³-hybridized carbons (Fsp3) is 0. The molecule has 0 aliphatic carbocycles. The van der Waals surface area contributed by atoms with E-state index in [1.54, 1.807) is 0 Å². The van der Waals surface area contributed by atoms with Gasteiger partial charge in [0, 0.05) is 0 Å². The van der Waals surface area contributed by atoms with Crippen LogP contribution in [-0.2, 0) is 0 Å². The van der Waals surface area contributed by atoms with Crippen molar-refractivity contribution in [2.24, 2.45) is 0 Å². The van der Waals surface area contributed by atoms with Crippen molar-refractivity contribution >= 4 is 17.4 Å². The summed E-state index contributed by atoms with van der Waals surface area (Å²) in [6.07, 6.45) is 0. The molecule has 0 spiro atoms. The van der Waals surface area contributed by atoms with E-state index >= 15 is 0 Å². The van der Waals surface area contributed by atoms with Gasteiger partial charge in [0.2, 0.25) is 0 Å². The molecule has 0 atom stereocenters. The van der Waals surface area contributed by atoms with Crippen LogP contribution in [0.2, 0.25) is 0 Å². The number of halogens is 1. The van der Waals surface area contributed by atoms with Gasteiger partial charge in [-0.25, -0.2) is 0 Å². The van der Waals surface area contributed by atoms with Crippen LogP contribution in [0.25, 0.3) is 5.41 Å². The average Bonchev–Trinajstić information content (AvgIpc) is 0.918. The van der Waals surface area contributed by atoms with Gasteiger partial charge in [-0.15, -0.1) is 0 Å². The van der Waals surface area contributed by atoms with E-state index in [1.165, 1.54) is 5.16 Å². The first-order chi connectivity index (χ1) is 1.41. The number of hydrogen-bond acceptors (Lipinski definition) is 1. The third-order valence-electron chi connectivity index (χ3n) is 0. The van der Waals surface area contributed by atoms with Crippen LogP contribution >= 0.6 is 12.2 Å². The molecule has 0 aromatic heterocycles. The van der Waals surface area contributed by atoms with Crippen LogP contribution in [0.3, 0.4) is 0 Å². The Morgan fingerprint density at radius 2 is 1.33 bits per heavy atom. The number of thiocarbonyl (C=S) groups is 1. The Morgan fingerprint density at radius 3 is 1.33 bits per heavy atom. The van der Waals surface area contributed by atoms with E-state index in [4.69, 9.17) is 5.41 Å². The van der Waals surface area contributed by atoms with Gasteiger partial charge >= 0.3 is 59.1 Å². The molecule has 0 bridgehead atoms. The van der Waals surface area contributed by atoms with Crippen LogP contribution < -0.4 is 76.1 Å². The topological polar surface area (TPSA) is 22.3 Å². The van der Waals surface area contributed by atoms with Gasteiger partial charge in [0.05, 0.1) is 0 Å². The maximum absolute atomic E-state index is 7.13. The molecule has 0 aromatic rings.